The molecule has 0 N–H and O–H groups in total. The molecule has 0 aromatic carbocycles. The van der Waals surface area contributed by atoms with Crippen LogP contribution in [-0.4, -0.2) is 20.2 Å². The highest BCUT2D eigenvalue weighted by molar-refractivity contribution is 6.74. The molecule has 0 aromatic rings. The van der Waals surface area contributed by atoms with Gasteiger partial charge in [0.2, 0.25) is 0 Å². The largest absolute Gasteiger partial charge is 0.407 e. The van der Waals surface area contributed by atoms with Crippen molar-refractivity contribution in [3.05, 3.63) is 11.6 Å². The summed E-state index contributed by atoms with van der Waals surface area (Å²) in [4.78, 5) is 11.8. The third-order valence-corrected chi connectivity index (χ3v) is 8.24. The van der Waals surface area contributed by atoms with Gasteiger partial charge in [-0.3, -0.25) is 4.79 Å². The Balaban J connectivity index is 2.73. The molecular weight excluding hydrogens is 216 g/mol. The van der Waals surface area contributed by atoms with Gasteiger partial charge in [0, 0.05) is 0 Å². The van der Waals surface area contributed by atoms with Crippen LogP contribution in [0.1, 0.15) is 40.5 Å². The summed E-state index contributed by atoms with van der Waals surface area (Å²) in [5, 5.41) is 0.170. The Kier molecular flexibility index (Phi) is 3.80. The highest BCUT2D eigenvalue weighted by Gasteiger charge is 2.40. The van der Waals surface area contributed by atoms with E-state index in [1.807, 2.05) is 6.92 Å². The van der Waals surface area contributed by atoms with Crippen LogP contribution in [0.25, 0.3) is 0 Å². The van der Waals surface area contributed by atoms with Gasteiger partial charge in [-0.15, -0.1) is 0 Å². The van der Waals surface area contributed by atoms with Gasteiger partial charge in [-0.1, -0.05) is 26.3 Å². The molecule has 1 atom stereocenters. The van der Waals surface area contributed by atoms with Crippen molar-refractivity contribution in [2.75, 3.05) is 0 Å². The lowest BCUT2D eigenvalue weighted by Gasteiger charge is -2.39. The van der Waals surface area contributed by atoms with Gasteiger partial charge >= 0.3 is 0 Å². The first-order chi connectivity index (χ1) is 7.13. The predicted molar refractivity (Wildman–Crippen MR) is 70.1 cm³/mol. The number of hydrogen-bond donors (Lipinski definition) is 0. The van der Waals surface area contributed by atoms with E-state index in [1.165, 1.54) is 5.57 Å². The molecule has 1 aliphatic rings. The van der Waals surface area contributed by atoms with Crippen LogP contribution in [0, 0.1) is 0 Å². The van der Waals surface area contributed by atoms with E-state index in [-0.39, 0.29) is 16.9 Å². The minimum atomic E-state index is -1.81. The molecule has 0 bridgehead atoms. The van der Waals surface area contributed by atoms with E-state index in [0.29, 0.717) is 0 Å². The van der Waals surface area contributed by atoms with Crippen molar-refractivity contribution in [3.63, 3.8) is 0 Å². The molecule has 0 heterocycles. The van der Waals surface area contributed by atoms with Crippen LogP contribution in [0.2, 0.25) is 18.1 Å². The molecule has 0 fully saturated rings. The van der Waals surface area contributed by atoms with Crippen molar-refractivity contribution in [2.24, 2.45) is 0 Å². The molecule has 0 saturated heterocycles. The van der Waals surface area contributed by atoms with Gasteiger partial charge < -0.3 is 4.43 Å². The minimum absolute atomic E-state index is 0.161. The van der Waals surface area contributed by atoms with Crippen molar-refractivity contribution >= 4 is 14.1 Å². The first kappa shape index (κ1) is 13.7. The van der Waals surface area contributed by atoms with Crippen LogP contribution < -0.4 is 0 Å². The second-order valence-electron chi connectivity index (χ2n) is 6.30. The standard InChI is InChI=1S/C13H24O2Si/c1-10-7-8-12(11(14)9-10)15-16(5,6)13(2,3)4/h9,12H,7-8H2,1-6H3/t12-/m0/s1. The van der Waals surface area contributed by atoms with Gasteiger partial charge in [0.15, 0.2) is 14.1 Å². The Hall–Kier alpha value is -0.413. The lowest BCUT2D eigenvalue weighted by Crippen LogP contribution is -2.46. The van der Waals surface area contributed by atoms with E-state index < -0.39 is 8.32 Å². The van der Waals surface area contributed by atoms with Crippen LogP contribution in [0.4, 0.5) is 0 Å². The Morgan fingerprint density at radius 2 is 1.94 bits per heavy atom. The van der Waals surface area contributed by atoms with Crippen molar-refractivity contribution in [2.45, 2.75) is 64.8 Å². The van der Waals surface area contributed by atoms with Crippen LogP contribution in [0.3, 0.4) is 0 Å². The molecule has 0 amide bonds. The molecule has 0 spiro atoms. The highest BCUT2D eigenvalue weighted by Crippen LogP contribution is 2.38. The van der Waals surface area contributed by atoms with Gasteiger partial charge in [-0.2, -0.15) is 0 Å². The average Bonchev–Trinajstić information content (AvgIpc) is 2.08. The highest BCUT2D eigenvalue weighted by atomic mass is 28.4. The second-order valence-corrected chi connectivity index (χ2v) is 11.1. The number of carbonyl (C=O) groups excluding carboxylic acids is 1. The first-order valence-corrected chi connectivity index (χ1v) is 8.93. The lowest BCUT2D eigenvalue weighted by molar-refractivity contribution is -0.122. The zero-order valence-corrected chi connectivity index (χ0v) is 12.4. The van der Waals surface area contributed by atoms with E-state index in [9.17, 15) is 4.79 Å². The molecule has 92 valence electrons. The summed E-state index contributed by atoms with van der Waals surface area (Å²) in [5.74, 6) is 0.161. The van der Waals surface area contributed by atoms with Crippen LogP contribution in [0.15, 0.2) is 11.6 Å². The zero-order chi connectivity index (χ0) is 12.6. The number of allylic oxidation sites excluding steroid dienone is 1. The molecule has 2 nitrogen and oxygen atoms in total. The van der Waals surface area contributed by atoms with E-state index in [0.717, 1.165) is 12.8 Å². The number of hydrogen-bond acceptors (Lipinski definition) is 2. The van der Waals surface area contributed by atoms with E-state index in [4.69, 9.17) is 4.43 Å². The van der Waals surface area contributed by atoms with Crippen molar-refractivity contribution < 1.29 is 9.22 Å². The molecule has 0 aromatic heterocycles. The molecule has 0 radical (unpaired) electrons. The summed E-state index contributed by atoms with van der Waals surface area (Å²) in [6.07, 6.45) is 3.41. The monoisotopic (exact) mass is 240 g/mol. The maximum atomic E-state index is 11.8. The molecular formula is C13H24O2Si. The molecule has 1 aliphatic carbocycles. The third kappa shape index (κ3) is 3.05. The average molecular weight is 240 g/mol. The fourth-order valence-electron chi connectivity index (χ4n) is 1.56. The van der Waals surface area contributed by atoms with Crippen molar-refractivity contribution in [3.8, 4) is 0 Å². The number of ketones is 1. The fraction of sp³-hybridized carbons (Fsp3) is 0.769. The van der Waals surface area contributed by atoms with E-state index in [1.54, 1.807) is 6.08 Å². The Bertz CT molecular complexity index is 310. The van der Waals surface area contributed by atoms with Crippen molar-refractivity contribution in [1.82, 2.24) is 0 Å². The molecule has 0 aliphatic heterocycles. The van der Waals surface area contributed by atoms with Gasteiger partial charge in [0.1, 0.15) is 6.10 Å². The third-order valence-electron chi connectivity index (χ3n) is 3.75. The Morgan fingerprint density at radius 1 is 1.38 bits per heavy atom. The second kappa shape index (κ2) is 4.45. The van der Waals surface area contributed by atoms with Crippen LogP contribution in [-0.2, 0) is 9.22 Å². The summed E-state index contributed by atoms with van der Waals surface area (Å²) >= 11 is 0. The van der Waals surface area contributed by atoms with E-state index >= 15 is 0 Å². The summed E-state index contributed by atoms with van der Waals surface area (Å²) < 4.78 is 6.15. The normalized spacial score (nSPS) is 23.2. The van der Waals surface area contributed by atoms with Gasteiger partial charge in [-0.25, -0.2) is 0 Å². The molecule has 0 unspecified atom stereocenters. The SMILES string of the molecule is CC1=CC(=O)[C@@H](O[Si](C)(C)C(C)(C)C)CC1. The molecule has 1 rings (SSSR count). The predicted octanol–water partition coefficient (Wildman–Crippen LogP) is 3.69. The summed E-state index contributed by atoms with van der Waals surface area (Å²) in [6, 6.07) is 0. The first-order valence-electron chi connectivity index (χ1n) is 6.02. The lowest BCUT2D eigenvalue weighted by atomic mass is 9.98. The smallest absolute Gasteiger partial charge is 0.193 e. The summed E-state index contributed by atoms with van der Waals surface area (Å²) in [5.41, 5.74) is 1.18. The summed E-state index contributed by atoms with van der Waals surface area (Å²) in [6.45, 7) is 13.0. The van der Waals surface area contributed by atoms with Crippen molar-refractivity contribution in [1.29, 1.82) is 0 Å². The van der Waals surface area contributed by atoms with Gasteiger partial charge in [0.25, 0.3) is 0 Å². The van der Waals surface area contributed by atoms with Gasteiger partial charge in [-0.05, 0) is 44.0 Å². The molecule has 16 heavy (non-hydrogen) atoms. The number of rotatable bonds is 2. The maximum absolute atomic E-state index is 11.8. The topological polar surface area (TPSA) is 26.3 Å². The number of carbonyl (C=O) groups is 1. The molecule has 0 saturated carbocycles. The van der Waals surface area contributed by atoms with Crippen LogP contribution in [0.5, 0.6) is 0 Å². The summed E-state index contributed by atoms with van der Waals surface area (Å²) in [7, 11) is -1.81. The Morgan fingerprint density at radius 3 is 2.38 bits per heavy atom. The van der Waals surface area contributed by atoms with E-state index in [2.05, 4.69) is 33.9 Å². The van der Waals surface area contributed by atoms with Crippen LogP contribution >= 0.6 is 0 Å². The van der Waals surface area contributed by atoms with Gasteiger partial charge in [0.05, 0.1) is 0 Å². The quantitative estimate of drug-likeness (QED) is 0.688. The fourth-order valence-corrected chi connectivity index (χ4v) is 2.86. The Labute approximate surface area is 100 Å². The minimum Gasteiger partial charge on any atom is -0.407 e. The molecule has 3 heteroatoms. The maximum Gasteiger partial charge on any atom is 0.193 e. The zero-order valence-electron chi connectivity index (χ0n) is 11.4.